The summed E-state index contributed by atoms with van der Waals surface area (Å²) >= 11 is 5.71. The lowest BCUT2D eigenvalue weighted by Gasteiger charge is -2.12. The predicted molar refractivity (Wildman–Crippen MR) is 70.0 cm³/mol. The van der Waals surface area contributed by atoms with Crippen LogP contribution in [0.15, 0.2) is 12.3 Å². The highest BCUT2D eigenvalue weighted by Gasteiger charge is 2.21. The van der Waals surface area contributed by atoms with Gasteiger partial charge in [0.1, 0.15) is 0 Å². The first-order valence-corrected chi connectivity index (χ1v) is 6.16. The molecule has 1 aliphatic rings. The minimum absolute atomic E-state index is 0.0751. The van der Waals surface area contributed by atoms with Gasteiger partial charge in [0.2, 0.25) is 5.82 Å². The number of aromatic nitrogens is 1. The fraction of sp³-hybridized carbons (Fsp3) is 0.545. The van der Waals surface area contributed by atoms with Crippen LogP contribution in [0.3, 0.4) is 0 Å². The monoisotopic (exact) mass is 270 g/mol. The third-order valence-corrected chi connectivity index (χ3v) is 3.28. The van der Waals surface area contributed by atoms with Crippen LogP contribution in [0.1, 0.15) is 6.42 Å². The summed E-state index contributed by atoms with van der Waals surface area (Å²) in [6, 6.07) is 1.32. The highest BCUT2D eigenvalue weighted by Crippen LogP contribution is 2.25. The average molecular weight is 271 g/mol. The zero-order valence-corrected chi connectivity index (χ0v) is 10.9. The Labute approximate surface area is 110 Å². The summed E-state index contributed by atoms with van der Waals surface area (Å²) in [6.07, 6.45) is 2.52. The molecular weight excluding hydrogens is 256 g/mol. The van der Waals surface area contributed by atoms with Crippen LogP contribution in [0.2, 0.25) is 5.02 Å². The SMILES string of the molecule is CN1CCC(CNc2ncc(Cl)cc2[N+](=O)[O-])C1. The Morgan fingerprint density at radius 1 is 1.72 bits per heavy atom. The molecule has 7 heteroatoms. The van der Waals surface area contributed by atoms with Crippen molar-refractivity contribution in [2.75, 3.05) is 32.0 Å². The first-order valence-electron chi connectivity index (χ1n) is 5.78. The normalized spacial score (nSPS) is 20.0. The van der Waals surface area contributed by atoms with E-state index in [9.17, 15) is 10.1 Å². The van der Waals surface area contributed by atoms with Gasteiger partial charge in [0.05, 0.1) is 9.95 Å². The van der Waals surface area contributed by atoms with E-state index in [1.807, 2.05) is 0 Å². The van der Waals surface area contributed by atoms with Gasteiger partial charge in [-0.2, -0.15) is 0 Å². The van der Waals surface area contributed by atoms with Crippen LogP contribution in [0, 0.1) is 16.0 Å². The molecule has 1 atom stereocenters. The van der Waals surface area contributed by atoms with E-state index in [0.717, 1.165) is 19.5 Å². The first kappa shape index (κ1) is 13.0. The van der Waals surface area contributed by atoms with E-state index >= 15 is 0 Å². The van der Waals surface area contributed by atoms with Crippen LogP contribution in [-0.4, -0.2) is 41.5 Å². The molecule has 1 saturated heterocycles. The Hall–Kier alpha value is -1.40. The maximum absolute atomic E-state index is 10.9. The number of halogens is 1. The number of likely N-dealkylation sites (tertiary alicyclic amines) is 1. The Kier molecular flexibility index (Phi) is 3.98. The van der Waals surface area contributed by atoms with Gasteiger partial charge in [-0.3, -0.25) is 10.1 Å². The molecule has 1 unspecified atom stereocenters. The molecule has 18 heavy (non-hydrogen) atoms. The fourth-order valence-corrected chi connectivity index (χ4v) is 2.29. The highest BCUT2D eigenvalue weighted by atomic mass is 35.5. The van der Waals surface area contributed by atoms with E-state index < -0.39 is 4.92 Å². The standard InChI is InChI=1S/C11H15ClN4O2/c1-15-3-2-8(7-15)5-13-11-10(16(17)18)4-9(12)6-14-11/h4,6,8H,2-3,5,7H2,1H3,(H,13,14). The third-order valence-electron chi connectivity index (χ3n) is 3.08. The number of hydrogen-bond donors (Lipinski definition) is 1. The Morgan fingerprint density at radius 2 is 2.50 bits per heavy atom. The van der Waals surface area contributed by atoms with E-state index in [1.54, 1.807) is 0 Å². The Balaban J connectivity index is 2.02. The lowest BCUT2D eigenvalue weighted by Crippen LogP contribution is -2.19. The predicted octanol–water partition coefficient (Wildman–Crippen LogP) is 2.01. The van der Waals surface area contributed by atoms with Gasteiger partial charge in [-0.25, -0.2) is 4.98 Å². The molecule has 1 aromatic heterocycles. The lowest BCUT2D eigenvalue weighted by molar-refractivity contribution is -0.384. The van der Waals surface area contributed by atoms with Gasteiger partial charge >= 0.3 is 5.69 Å². The first-order chi connectivity index (χ1) is 8.56. The van der Waals surface area contributed by atoms with Crippen LogP contribution >= 0.6 is 11.6 Å². The molecule has 0 saturated carbocycles. The molecule has 1 aliphatic heterocycles. The van der Waals surface area contributed by atoms with Gasteiger partial charge in [0.25, 0.3) is 0 Å². The Bertz CT molecular complexity index is 455. The van der Waals surface area contributed by atoms with Crippen molar-refractivity contribution in [1.29, 1.82) is 0 Å². The van der Waals surface area contributed by atoms with Gasteiger partial charge in [0, 0.05) is 25.4 Å². The molecule has 2 heterocycles. The lowest BCUT2D eigenvalue weighted by atomic mass is 10.1. The second-order valence-corrected chi connectivity index (χ2v) is 5.01. The maximum Gasteiger partial charge on any atom is 0.312 e. The summed E-state index contributed by atoms with van der Waals surface area (Å²) in [5.74, 6) is 0.797. The van der Waals surface area contributed by atoms with Crippen molar-refractivity contribution in [3.05, 3.63) is 27.4 Å². The molecule has 6 nitrogen and oxygen atoms in total. The number of anilines is 1. The molecule has 1 aromatic rings. The number of hydrogen-bond acceptors (Lipinski definition) is 5. The largest absolute Gasteiger partial charge is 0.364 e. The molecule has 2 rings (SSSR count). The van der Waals surface area contributed by atoms with Crippen molar-refractivity contribution in [1.82, 2.24) is 9.88 Å². The number of nitro groups is 1. The van der Waals surface area contributed by atoms with Crippen LogP contribution in [-0.2, 0) is 0 Å². The minimum atomic E-state index is -0.470. The fourth-order valence-electron chi connectivity index (χ4n) is 2.14. The summed E-state index contributed by atoms with van der Waals surface area (Å²) in [6.45, 7) is 2.77. The van der Waals surface area contributed by atoms with Gasteiger partial charge < -0.3 is 10.2 Å². The molecule has 0 bridgehead atoms. The molecule has 0 aromatic carbocycles. The third kappa shape index (κ3) is 3.08. The van der Waals surface area contributed by atoms with Crippen molar-refractivity contribution in [3.8, 4) is 0 Å². The topological polar surface area (TPSA) is 71.3 Å². The van der Waals surface area contributed by atoms with Gasteiger partial charge in [-0.15, -0.1) is 0 Å². The summed E-state index contributed by atoms with van der Waals surface area (Å²) in [5.41, 5.74) is -0.0751. The van der Waals surface area contributed by atoms with E-state index in [-0.39, 0.29) is 10.7 Å². The van der Waals surface area contributed by atoms with E-state index in [2.05, 4.69) is 22.2 Å². The van der Waals surface area contributed by atoms with Crippen molar-refractivity contribution in [2.24, 2.45) is 5.92 Å². The number of nitrogens with one attached hydrogen (secondary N) is 1. The van der Waals surface area contributed by atoms with E-state index in [1.165, 1.54) is 12.3 Å². The van der Waals surface area contributed by atoms with Crippen LogP contribution in [0.25, 0.3) is 0 Å². The zero-order valence-electron chi connectivity index (χ0n) is 10.1. The van der Waals surface area contributed by atoms with Crippen LogP contribution in [0.4, 0.5) is 11.5 Å². The number of nitrogens with zero attached hydrogens (tertiary/aromatic N) is 3. The smallest absolute Gasteiger partial charge is 0.312 e. The minimum Gasteiger partial charge on any atom is -0.364 e. The highest BCUT2D eigenvalue weighted by molar-refractivity contribution is 6.30. The van der Waals surface area contributed by atoms with Gasteiger partial charge in [0.15, 0.2) is 0 Å². The molecule has 0 spiro atoms. The second-order valence-electron chi connectivity index (χ2n) is 4.58. The van der Waals surface area contributed by atoms with Crippen molar-refractivity contribution in [2.45, 2.75) is 6.42 Å². The molecule has 1 N–H and O–H groups in total. The molecule has 0 amide bonds. The van der Waals surface area contributed by atoms with Crippen LogP contribution in [0.5, 0.6) is 0 Å². The van der Waals surface area contributed by atoms with Gasteiger partial charge in [-0.05, 0) is 25.9 Å². The number of rotatable bonds is 4. The van der Waals surface area contributed by atoms with E-state index in [4.69, 9.17) is 11.6 Å². The summed E-state index contributed by atoms with van der Waals surface area (Å²) < 4.78 is 0. The van der Waals surface area contributed by atoms with Crippen molar-refractivity contribution >= 4 is 23.1 Å². The van der Waals surface area contributed by atoms with Crippen molar-refractivity contribution in [3.63, 3.8) is 0 Å². The quantitative estimate of drug-likeness (QED) is 0.669. The second kappa shape index (κ2) is 5.49. The summed E-state index contributed by atoms with van der Waals surface area (Å²) in [7, 11) is 2.07. The average Bonchev–Trinajstić information content (AvgIpc) is 2.73. The van der Waals surface area contributed by atoms with E-state index in [0.29, 0.717) is 18.3 Å². The van der Waals surface area contributed by atoms with Crippen LogP contribution < -0.4 is 5.32 Å². The molecule has 1 fully saturated rings. The number of pyridine rings is 1. The molecular formula is C11H15ClN4O2. The maximum atomic E-state index is 10.9. The zero-order chi connectivity index (χ0) is 13.1. The molecule has 98 valence electrons. The van der Waals surface area contributed by atoms with Gasteiger partial charge in [-0.1, -0.05) is 11.6 Å². The Morgan fingerprint density at radius 3 is 3.11 bits per heavy atom. The van der Waals surface area contributed by atoms with Crippen molar-refractivity contribution < 1.29 is 4.92 Å². The molecule has 0 radical (unpaired) electrons. The molecule has 0 aliphatic carbocycles. The summed E-state index contributed by atoms with van der Waals surface area (Å²) in [5, 5.41) is 14.2. The summed E-state index contributed by atoms with van der Waals surface area (Å²) in [4.78, 5) is 16.6.